The molecule has 0 aromatic rings. The Kier molecular flexibility index (Phi) is 3.98. The van der Waals surface area contributed by atoms with Gasteiger partial charge in [-0.25, -0.2) is 0 Å². The Morgan fingerprint density at radius 3 is 2.14 bits per heavy atom. The molecule has 0 aromatic carbocycles. The third-order valence-corrected chi connectivity index (χ3v) is 0.808. The van der Waals surface area contributed by atoms with E-state index in [1.807, 2.05) is 7.05 Å². The Morgan fingerprint density at radius 2 is 2.00 bits per heavy atom. The standard InChI is InChI=1S/C4H11NO2/c1-5(4-7)2-3-6/h6-7H,2-4H2,1H3/p+1. The van der Waals surface area contributed by atoms with Crippen LogP contribution in [0.25, 0.3) is 0 Å². The second-order valence-corrected chi connectivity index (χ2v) is 1.59. The van der Waals surface area contributed by atoms with Gasteiger partial charge in [0.15, 0.2) is 6.73 Å². The maximum atomic E-state index is 8.32. The van der Waals surface area contributed by atoms with E-state index in [0.29, 0.717) is 6.54 Å². The lowest BCUT2D eigenvalue weighted by atomic mass is 10.6. The fourth-order valence-electron chi connectivity index (χ4n) is 0.270. The lowest BCUT2D eigenvalue weighted by Gasteiger charge is -2.05. The molecule has 0 saturated heterocycles. The predicted molar refractivity (Wildman–Crippen MR) is 25.9 cm³/mol. The van der Waals surface area contributed by atoms with Gasteiger partial charge in [0, 0.05) is 0 Å². The Bertz CT molecular complexity index is 40.7. The number of nitrogens with one attached hydrogen (secondary N) is 1. The second kappa shape index (κ2) is 4.05. The van der Waals surface area contributed by atoms with Gasteiger partial charge in [0.1, 0.15) is 6.54 Å². The van der Waals surface area contributed by atoms with Crippen LogP contribution in [0, 0.1) is 0 Å². The third kappa shape index (κ3) is 3.72. The van der Waals surface area contributed by atoms with E-state index in [4.69, 9.17) is 10.2 Å². The average Bonchev–Trinajstić information content (AvgIpc) is 1.68. The fourth-order valence-corrected chi connectivity index (χ4v) is 0.270. The molecule has 7 heavy (non-hydrogen) atoms. The highest BCUT2D eigenvalue weighted by atomic mass is 16.3. The van der Waals surface area contributed by atoms with Crippen molar-refractivity contribution in [3.63, 3.8) is 0 Å². The molecular weight excluding hydrogens is 94.0 g/mol. The molecule has 44 valence electrons. The number of likely N-dealkylation sites (N-methyl/N-ethyl adjacent to an activating group) is 1. The summed E-state index contributed by atoms with van der Waals surface area (Å²) in [5.41, 5.74) is 0. The smallest absolute Gasteiger partial charge is 0.178 e. The lowest BCUT2D eigenvalue weighted by Crippen LogP contribution is -3.09. The summed E-state index contributed by atoms with van der Waals surface area (Å²) in [6.45, 7) is 0.865. The number of quaternary nitrogens is 1. The van der Waals surface area contributed by atoms with Gasteiger partial charge in [0.05, 0.1) is 13.7 Å². The predicted octanol–water partition coefficient (Wildman–Crippen LogP) is -2.56. The number of rotatable bonds is 3. The van der Waals surface area contributed by atoms with Crippen molar-refractivity contribution in [2.24, 2.45) is 0 Å². The minimum Gasteiger partial charge on any atom is -0.391 e. The molecule has 3 heteroatoms. The molecule has 0 bridgehead atoms. The summed E-state index contributed by atoms with van der Waals surface area (Å²) in [7, 11) is 1.82. The quantitative estimate of drug-likeness (QED) is 0.347. The average molecular weight is 106 g/mol. The second-order valence-electron chi connectivity index (χ2n) is 1.59. The lowest BCUT2D eigenvalue weighted by molar-refractivity contribution is -0.899. The van der Waals surface area contributed by atoms with Crippen LogP contribution in [-0.2, 0) is 0 Å². The molecule has 0 fully saturated rings. The summed E-state index contributed by atoms with van der Waals surface area (Å²) in [6.07, 6.45) is 0. The van der Waals surface area contributed by atoms with Crippen LogP contribution in [0.1, 0.15) is 0 Å². The van der Waals surface area contributed by atoms with Crippen LogP contribution in [0.15, 0.2) is 0 Å². The molecule has 0 aromatic heterocycles. The van der Waals surface area contributed by atoms with Crippen molar-refractivity contribution in [1.29, 1.82) is 0 Å². The largest absolute Gasteiger partial charge is 0.391 e. The van der Waals surface area contributed by atoms with Crippen LogP contribution in [0.3, 0.4) is 0 Å². The van der Waals surface area contributed by atoms with E-state index in [0.717, 1.165) is 4.90 Å². The van der Waals surface area contributed by atoms with E-state index in [2.05, 4.69) is 0 Å². The summed E-state index contributed by atoms with van der Waals surface area (Å²) in [5.74, 6) is 0. The van der Waals surface area contributed by atoms with Gasteiger partial charge in [0.25, 0.3) is 0 Å². The zero-order valence-corrected chi connectivity index (χ0v) is 4.52. The molecule has 0 amide bonds. The fraction of sp³-hybridized carbons (Fsp3) is 1.00. The molecule has 0 aliphatic carbocycles. The van der Waals surface area contributed by atoms with Crippen molar-refractivity contribution >= 4 is 0 Å². The summed E-state index contributed by atoms with van der Waals surface area (Å²) < 4.78 is 0. The Labute approximate surface area is 43.2 Å². The topological polar surface area (TPSA) is 44.9 Å². The van der Waals surface area contributed by atoms with Gasteiger partial charge in [-0.3, -0.25) is 0 Å². The van der Waals surface area contributed by atoms with Crippen molar-refractivity contribution < 1.29 is 15.1 Å². The van der Waals surface area contributed by atoms with Gasteiger partial charge < -0.3 is 15.1 Å². The van der Waals surface area contributed by atoms with Crippen molar-refractivity contribution in [2.75, 3.05) is 26.9 Å². The van der Waals surface area contributed by atoms with E-state index in [1.165, 1.54) is 0 Å². The van der Waals surface area contributed by atoms with E-state index in [-0.39, 0.29) is 13.3 Å². The number of aliphatic hydroxyl groups excluding tert-OH is 2. The molecular formula is C4H12NO2+. The zero-order chi connectivity index (χ0) is 5.70. The summed E-state index contributed by atoms with van der Waals surface area (Å²) in [4.78, 5) is 0.933. The van der Waals surface area contributed by atoms with Gasteiger partial charge in [-0.1, -0.05) is 0 Å². The van der Waals surface area contributed by atoms with E-state index in [1.54, 1.807) is 0 Å². The third-order valence-electron chi connectivity index (χ3n) is 0.808. The molecule has 0 radical (unpaired) electrons. The van der Waals surface area contributed by atoms with Crippen LogP contribution in [-0.4, -0.2) is 37.1 Å². The van der Waals surface area contributed by atoms with Crippen molar-refractivity contribution in [1.82, 2.24) is 0 Å². The van der Waals surface area contributed by atoms with Gasteiger partial charge >= 0.3 is 0 Å². The first-order valence-electron chi connectivity index (χ1n) is 2.34. The summed E-state index contributed by atoms with van der Waals surface area (Å²) in [6, 6.07) is 0. The van der Waals surface area contributed by atoms with Gasteiger partial charge in [-0.15, -0.1) is 0 Å². The molecule has 0 rings (SSSR count). The minimum absolute atomic E-state index is 0.0978. The highest BCUT2D eigenvalue weighted by molar-refractivity contribution is 4.11. The summed E-state index contributed by atoms with van der Waals surface area (Å²) >= 11 is 0. The maximum absolute atomic E-state index is 8.32. The van der Waals surface area contributed by atoms with Crippen LogP contribution in [0.5, 0.6) is 0 Å². The molecule has 0 spiro atoms. The number of aliphatic hydroxyl groups is 2. The maximum Gasteiger partial charge on any atom is 0.178 e. The minimum atomic E-state index is 0.0978. The number of hydrogen-bond acceptors (Lipinski definition) is 2. The van der Waals surface area contributed by atoms with Gasteiger partial charge in [0.2, 0.25) is 0 Å². The zero-order valence-electron chi connectivity index (χ0n) is 4.52. The van der Waals surface area contributed by atoms with E-state index >= 15 is 0 Å². The highest BCUT2D eigenvalue weighted by Crippen LogP contribution is 1.39. The van der Waals surface area contributed by atoms with Gasteiger partial charge in [-0.2, -0.15) is 0 Å². The van der Waals surface area contributed by atoms with Crippen LogP contribution >= 0.6 is 0 Å². The first-order chi connectivity index (χ1) is 3.31. The Balaban J connectivity index is 2.83. The van der Waals surface area contributed by atoms with Crippen molar-refractivity contribution in [2.45, 2.75) is 0 Å². The number of hydrogen-bond donors (Lipinski definition) is 3. The van der Waals surface area contributed by atoms with Crippen LogP contribution in [0.4, 0.5) is 0 Å². The SMILES string of the molecule is C[NH+](CO)CCO. The normalized spacial score (nSPS) is 14.1. The molecule has 0 aliphatic rings. The van der Waals surface area contributed by atoms with Crippen molar-refractivity contribution in [3.8, 4) is 0 Å². The molecule has 1 unspecified atom stereocenters. The Hall–Kier alpha value is -0.120. The first kappa shape index (κ1) is 6.88. The molecule has 0 aliphatic heterocycles. The molecule has 3 N–H and O–H groups in total. The molecule has 0 heterocycles. The van der Waals surface area contributed by atoms with Crippen LogP contribution in [0.2, 0.25) is 0 Å². The summed E-state index contributed by atoms with van der Waals surface area (Å²) in [5, 5.41) is 16.6. The van der Waals surface area contributed by atoms with E-state index < -0.39 is 0 Å². The Morgan fingerprint density at radius 1 is 1.43 bits per heavy atom. The van der Waals surface area contributed by atoms with Gasteiger partial charge in [-0.05, 0) is 0 Å². The van der Waals surface area contributed by atoms with Crippen LogP contribution < -0.4 is 4.90 Å². The molecule has 0 saturated carbocycles. The molecule has 3 nitrogen and oxygen atoms in total. The first-order valence-corrected chi connectivity index (χ1v) is 2.34. The molecule has 1 atom stereocenters. The monoisotopic (exact) mass is 106 g/mol. The van der Waals surface area contributed by atoms with E-state index in [9.17, 15) is 0 Å². The highest BCUT2D eigenvalue weighted by Gasteiger charge is 1.92. The van der Waals surface area contributed by atoms with Crippen molar-refractivity contribution in [3.05, 3.63) is 0 Å².